The molecule has 0 aromatic carbocycles. The van der Waals surface area contributed by atoms with Crippen LogP contribution >= 0.6 is 11.3 Å². The molecule has 2 heterocycles. The number of piperidine rings is 1. The first-order valence-corrected chi connectivity index (χ1v) is 9.62. The highest BCUT2D eigenvalue weighted by Crippen LogP contribution is 2.24. The smallest absolute Gasteiger partial charge is 0.303 e. The Bertz CT molecular complexity index is 554. The minimum Gasteiger partial charge on any atom is -0.319 e. The molecule has 1 aromatic heterocycles. The van der Waals surface area contributed by atoms with E-state index < -0.39 is 10.2 Å². The number of hydrogen-bond acceptors (Lipinski definition) is 5. The van der Waals surface area contributed by atoms with Crippen molar-refractivity contribution < 1.29 is 8.42 Å². The van der Waals surface area contributed by atoms with E-state index in [0.717, 1.165) is 25.1 Å². The van der Waals surface area contributed by atoms with E-state index in [-0.39, 0.29) is 0 Å². The molecular weight excluding hydrogens is 308 g/mol. The Morgan fingerprint density at radius 3 is 2.90 bits per heavy atom. The largest absolute Gasteiger partial charge is 0.319 e. The van der Waals surface area contributed by atoms with E-state index in [2.05, 4.69) is 15.0 Å². The molecule has 1 atom stereocenters. The molecule has 1 unspecified atom stereocenters. The number of anilines is 1. The van der Waals surface area contributed by atoms with Crippen molar-refractivity contribution in [1.82, 2.24) is 14.6 Å². The third kappa shape index (κ3) is 4.38. The molecule has 2 rings (SSSR count). The molecule has 21 heavy (non-hydrogen) atoms. The number of nitrogens with one attached hydrogen (secondary N) is 2. The summed E-state index contributed by atoms with van der Waals surface area (Å²) in [7, 11) is -1.60. The Balaban J connectivity index is 2.03. The molecule has 0 amide bonds. The summed E-state index contributed by atoms with van der Waals surface area (Å²) in [5.41, 5.74) is 0.921. The molecule has 0 saturated carbocycles. The van der Waals surface area contributed by atoms with Crippen LogP contribution in [-0.2, 0) is 10.2 Å². The normalized spacial score (nSPS) is 20.9. The lowest BCUT2D eigenvalue weighted by molar-refractivity contribution is 0.264. The number of nitrogens with zero attached hydrogens (tertiary/aromatic N) is 2. The van der Waals surface area contributed by atoms with Gasteiger partial charge in [-0.1, -0.05) is 13.8 Å². The maximum atomic E-state index is 12.4. The lowest BCUT2D eigenvalue weighted by atomic mass is 10.00. The first kappa shape index (κ1) is 16.7. The van der Waals surface area contributed by atoms with Crippen LogP contribution in [0, 0.1) is 5.92 Å². The quantitative estimate of drug-likeness (QED) is 0.834. The maximum absolute atomic E-state index is 12.4. The predicted octanol–water partition coefficient (Wildman–Crippen LogP) is 1.85. The van der Waals surface area contributed by atoms with Crippen LogP contribution in [0.25, 0.3) is 0 Å². The molecule has 1 aliphatic heterocycles. The van der Waals surface area contributed by atoms with Gasteiger partial charge in [0.1, 0.15) is 0 Å². The van der Waals surface area contributed by atoms with Gasteiger partial charge in [0.25, 0.3) is 0 Å². The Morgan fingerprint density at radius 1 is 1.52 bits per heavy atom. The van der Waals surface area contributed by atoms with Crippen molar-refractivity contribution >= 4 is 26.7 Å². The zero-order chi connectivity index (χ0) is 15.5. The van der Waals surface area contributed by atoms with Gasteiger partial charge in [-0.2, -0.15) is 12.7 Å². The topological polar surface area (TPSA) is 74.3 Å². The van der Waals surface area contributed by atoms with Gasteiger partial charge >= 0.3 is 10.2 Å². The first-order valence-electron chi connectivity index (χ1n) is 7.30. The fourth-order valence-electron chi connectivity index (χ4n) is 2.47. The molecule has 0 spiro atoms. The summed E-state index contributed by atoms with van der Waals surface area (Å²) in [6.45, 7) is 6.08. The van der Waals surface area contributed by atoms with E-state index in [1.54, 1.807) is 0 Å². The zero-order valence-electron chi connectivity index (χ0n) is 12.8. The summed E-state index contributed by atoms with van der Waals surface area (Å²) >= 11 is 1.34. The Kier molecular flexibility index (Phi) is 5.59. The minimum atomic E-state index is -3.50. The van der Waals surface area contributed by atoms with Crippen molar-refractivity contribution in [3.8, 4) is 0 Å². The van der Waals surface area contributed by atoms with Gasteiger partial charge in [-0.25, -0.2) is 9.71 Å². The van der Waals surface area contributed by atoms with E-state index >= 15 is 0 Å². The lowest BCUT2D eigenvalue weighted by Gasteiger charge is -2.31. The monoisotopic (exact) mass is 332 g/mol. The van der Waals surface area contributed by atoms with Crippen LogP contribution in [0.1, 0.15) is 38.3 Å². The maximum Gasteiger partial charge on any atom is 0.303 e. The summed E-state index contributed by atoms with van der Waals surface area (Å²) in [5, 5.41) is 5.48. The standard InChI is InChI=1S/C13H24N4O2S2/c1-10(2)12-9-20-13(15-12)16-21(18,19)17-6-4-5-11(8-17)7-14-3/h9-11,14H,4-8H2,1-3H3,(H,15,16). The van der Waals surface area contributed by atoms with Crippen LogP contribution < -0.4 is 10.0 Å². The molecule has 6 nitrogen and oxygen atoms in total. The molecule has 1 aromatic rings. The molecule has 0 radical (unpaired) electrons. The van der Waals surface area contributed by atoms with Crippen LogP contribution in [-0.4, -0.2) is 44.4 Å². The number of aromatic nitrogens is 1. The fraction of sp³-hybridized carbons (Fsp3) is 0.769. The Hall–Kier alpha value is -0.700. The van der Waals surface area contributed by atoms with Crippen molar-refractivity contribution in [3.05, 3.63) is 11.1 Å². The summed E-state index contributed by atoms with van der Waals surface area (Å²) < 4.78 is 29.0. The Labute approximate surface area is 131 Å². The van der Waals surface area contributed by atoms with E-state index in [1.807, 2.05) is 26.3 Å². The third-order valence-corrected chi connectivity index (χ3v) is 6.01. The average molecular weight is 332 g/mol. The molecule has 0 bridgehead atoms. The van der Waals surface area contributed by atoms with Crippen LogP contribution in [0.15, 0.2) is 5.38 Å². The van der Waals surface area contributed by atoms with E-state index in [9.17, 15) is 8.42 Å². The Morgan fingerprint density at radius 2 is 2.29 bits per heavy atom. The van der Waals surface area contributed by atoms with E-state index in [0.29, 0.717) is 30.1 Å². The molecular formula is C13H24N4O2S2. The first-order chi connectivity index (χ1) is 9.92. The van der Waals surface area contributed by atoms with Crippen molar-refractivity contribution in [2.45, 2.75) is 32.6 Å². The van der Waals surface area contributed by atoms with Crippen LogP contribution in [0.3, 0.4) is 0 Å². The fourth-order valence-corrected chi connectivity index (χ4v) is 4.87. The highest BCUT2D eigenvalue weighted by molar-refractivity contribution is 7.90. The molecule has 2 N–H and O–H groups in total. The van der Waals surface area contributed by atoms with Crippen LogP contribution in [0.2, 0.25) is 0 Å². The summed E-state index contributed by atoms with van der Waals surface area (Å²) in [5.74, 6) is 0.678. The lowest BCUT2D eigenvalue weighted by Crippen LogP contribution is -2.44. The number of hydrogen-bond donors (Lipinski definition) is 2. The molecule has 1 fully saturated rings. The predicted molar refractivity (Wildman–Crippen MR) is 87.0 cm³/mol. The third-order valence-electron chi connectivity index (χ3n) is 3.64. The van der Waals surface area contributed by atoms with E-state index in [1.165, 1.54) is 15.6 Å². The van der Waals surface area contributed by atoms with Gasteiger partial charge in [-0.05, 0) is 38.3 Å². The number of thiazole rings is 1. The van der Waals surface area contributed by atoms with Crippen molar-refractivity contribution in [2.24, 2.45) is 5.92 Å². The van der Waals surface area contributed by atoms with E-state index in [4.69, 9.17) is 0 Å². The summed E-state index contributed by atoms with van der Waals surface area (Å²) in [4.78, 5) is 4.33. The highest BCUT2D eigenvalue weighted by Gasteiger charge is 2.29. The molecule has 1 aliphatic rings. The van der Waals surface area contributed by atoms with Gasteiger partial charge in [0.15, 0.2) is 5.13 Å². The second kappa shape index (κ2) is 7.04. The average Bonchev–Trinajstić information content (AvgIpc) is 2.87. The molecule has 8 heteroatoms. The molecule has 120 valence electrons. The van der Waals surface area contributed by atoms with Gasteiger partial charge in [-0.15, -0.1) is 11.3 Å². The zero-order valence-corrected chi connectivity index (χ0v) is 14.4. The highest BCUT2D eigenvalue weighted by atomic mass is 32.2. The number of rotatable bonds is 6. The van der Waals surface area contributed by atoms with Crippen molar-refractivity contribution in [2.75, 3.05) is 31.4 Å². The van der Waals surface area contributed by atoms with Gasteiger partial charge in [0, 0.05) is 18.5 Å². The van der Waals surface area contributed by atoms with Crippen molar-refractivity contribution in [3.63, 3.8) is 0 Å². The second-order valence-corrected chi connectivity index (χ2v) is 8.29. The van der Waals surface area contributed by atoms with Gasteiger partial charge in [0.05, 0.1) is 5.69 Å². The summed E-state index contributed by atoms with van der Waals surface area (Å²) in [6.07, 6.45) is 1.98. The van der Waals surface area contributed by atoms with Crippen LogP contribution in [0.4, 0.5) is 5.13 Å². The molecule has 0 aliphatic carbocycles. The van der Waals surface area contributed by atoms with Gasteiger partial charge in [0.2, 0.25) is 0 Å². The molecule has 1 saturated heterocycles. The summed E-state index contributed by atoms with van der Waals surface area (Å²) in [6, 6.07) is 0. The SMILES string of the molecule is CNCC1CCCN(S(=O)(=O)Nc2nc(C(C)C)cs2)C1. The van der Waals surface area contributed by atoms with Crippen molar-refractivity contribution in [1.29, 1.82) is 0 Å². The second-order valence-electron chi connectivity index (χ2n) is 5.76. The minimum absolute atomic E-state index is 0.300. The van der Waals surface area contributed by atoms with Gasteiger partial charge < -0.3 is 5.32 Å². The van der Waals surface area contributed by atoms with Gasteiger partial charge in [-0.3, -0.25) is 0 Å². The van der Waals surface area contributed by atoms with Crippen LogP contribution in [0.5, 0.6) is 0 Å².